The maximum absolute atomic E-state index is 11.5. The summed E-state index contributed by atoms with van der Waals surface area (Å²) < 4.78 is 0. The monoisotopic (exact) mass is 223 g/mol. The highest BCUT2D eigenvalue weighted by molar-refractivity contribution is 6.30. The number of hydrogen-bond donors (Lipinski definition) is 1. The van der Waals surface area contributed by atoms with E-state index < -0.39 is 0 Å². The molecule has 1 aromatic carbocycles. The molecule has 1 N–H and O–H groups in total. The molecule has 0 heterocycles. The molecule has 0 radical (unpaired) electrons. The van der Waals surface area contributed by atoms with E-state index >= 15 is 0 Å². The Morgan fingerprint density at radius 2 is 2.07 bits per heavy atom. The van der Waals surface area contributed by atoms with Crippen LogP contribution < -0.4 is 5.32 Å². The summed E-state index contributed by atoms with van der Waals surface area (Å²) in [5.41, 5.74) is 1.07. The zero-order chi connectivity index (χ0) is 11.3. The largest absolute Gasteiger partial charge is 0.351 e. The molecule has 1 unspecified atom stereocenters. The molecule has 1 rings (SSSR count). The van der Waals surface area contributed by atoms with Crippen molar-refractivity contribution in [3.05, 3.63) is 47.5 Å². The third kappa shape index (κ3) is 3.76. The number of benzene rings is 1. The van der Waals surface area contributed by atoms with E-state index in [1.54, 1.807) is 6.92 Å². The van der Waals surface area contributed by atoms with Crippen LogP contribution in [0, 0.1) is 5.92 Å². The molecule has 0 fully saturated rings. The molecule has 3 heteroatoms. The van der Waals surface area contributed by atoms with E-state index in [1.807, 2.05) is 30.3 Å². The van der Waals surface area contributed by atoms with Gasteiger partial charge in [-0.05, 0) is 12.5 Å². The fourth-order valence-corrected chi connectivity index (χ4v) is 1.18. The van der Waals surface area contributed by atoms with Gasteiger partial charge in [0.25, 0.3) is 0 Å². The Balaban J connectivity index is 2.44. The number of nitrogens with one attached hydrogen (secondary N) is 1. The van der Waals surface area contributed by atoms with Crippen molar-refractivity contribution in [1.29, 1.82) is 0 Å². The van der Waals surface area contributed by atoms with E-state index in [0.717, 1.165) is 5.56 Å². The number of hydrogen-bond acceptors (Lipinski definition) is 1. The van der Waals surface area contributed by atoms with Gasteiger partial charge in [0.05, 0.1) is 5.92 Å². The lowest BCUT2D eigenvalue weighted by molar-refractivity contribution is -0.123. The molecule has 0 spiro atoms. The number of carbonyl (C=O) groups excluding carboxylic acids is 1. The molecule has 0 aliphatic heterocycles. The van der Waals surface area contributed by atoms with Gasteiger partial charge in [0.2, 0.25) is 5.91 Å². The highest BCUT2D eigenvalue weighted by atomic mass is 35.5. The molecule has 1 atom stereocenters. The molecular weight excluding hydrogens is 210 g/mol. The Labute approximate surface area is 94.9 Å². The van der Waals surface area contributed by atoms with E-state index in [9.17, 15) is 4.79 Å². The summed E-state index contributed by atoms with van der Waals surface area (Å²) >= 11 is 5.65. The van der Waals surface area contributed by atoms with Crippen LogP contribution in [0.25, 0.3) is 0 Å². The predicted octanol–water partition coefficient (Wildman–Crippen LogP) is 2.69. The van der Waals surface area contributed by atoms with Gasteiger partial charge < -0.3 is 5.32 Å². The maximum atomic E-state index is 11.5. The lowest BCUT2D eigenvalue weighted by Crippen LogP contribution is -2.28. The molecule has 0 saturated heterocycles. The van der Waals surface area contributed by atoms with Crippen LogP contribution in [-0.4, -0.2) is 5.91 Å². The minimum atomic E-state index is -0.352. The van der Waals surface area contributed by atoms with Crippen molar-refractivity contribution >= 4 is 17.5 Å². The van der Waals surface area contributed by atoms with Crippen molar-refractivity contribution < 1.29 is 4.79 Å². The van der Waals surface area contributed by atoms with Gasteiger partial charge in [-0.25, -0.2) is 0 Å². The van der Waals surface area contributed by atoms with Crippen molar-refractivity contribution in [1.82, 2.24) is 5.32 Å². The zero-order valence-corrected chi connectivity index (χ0v) is 9.42. The molecule has 1 aromatic rings. The van der Waals surface area contributed by atoms with Crippen LogP contribution >= 0.6 is 11.6 Å². The fraction of sp³-hybridized carbons (Fsp3) is 0.250. The third-order valence-electron chi connectivity index (χ3n) is 2.17. The van der Waals surface area contributed by atoms with Gasteiger partial charge in [-0.2, -0.15) is 0 Å². The summed E-state index contributed by atoms with van der Waals surface area (Å²) in [5, 5.41) is 3.16. The summed E-state index contributed by atoms with van der Waals surface area (Å²) in [7, 11) is 0. The van der Waals surface area contributed by atoms with Gasteiger partial charge in [-0.15, -0.1) is 0 Å². The zero-order valence-electron chi connectivity index (χ0n) is 8.66. The smallest absolute Gasteiger partial charge is 0.228 e. The molecule has 0 bridgehead atoms. The van der Waals surface area contributed by atoms with Gasteiger partial charge in [0.15, 0.2) is 0 Å². The van der Waals surface area contributed by atoms with E-state index in [2.05, 4.69) is 11.9 Å². The van der Waals surface area contributed by atoms with Crippen molar-refractivity contribution in [2.45, 2.75) is 13.5 Å². The van der Waals surface area contributed by atoms with Gasteiger partial charge in [0.1, 0.15) is 0 Å². The predicted molar refractivity (Wildman–Crippen MR) is 62.4 cm³/mol. The number of carbonyl (C=O) groups is 1. The Bertz CT molecular complexity index is 348. The second kappa shape index (κ2) is 5.56. The summed E-state index contributed by atoms with van der Waals surface area (Å²) in [5.74, 6) is -0.450. The number of rotatable bonds is 4. The minimum absolute atomic E-state index is 0.0983. The van der Waals surface area contributed by atoms with Gasteiger partial charge in [0, 0.05) is 11.6 Å². The Morgan fingerprint density at radius 3 is 2.60 bits per heavy atom. The molecule has 0 aliphatic carbocycles. The first-order chi connectivity index (χ1) is 7.11. The second-order valence-corrected chi connectivity index (χ2v) is 3.86. The van der Waals surface area contributed by atoms with Crippen LogP contribution in [-0.2, 0) is 11.3 Å². The average molecular weight is 224 g/mol. The van der Waals surface area contributed by atoms with Crippen LogP contribution in [0.5, 0.6) is 0 Å². The molecule has 0 saturated carbocycles. The quantitative estimate of drug-likeness (QED) is 0.836. The normalized spacial score (nSPS) is 11.9. The van der Waals surface area contributed by atoms with Crippen LogP contribution in [0.15, 0.2) is 41.9 Å². The van der Waals surface area contributed by atoms with Crippen molar-refractivity contribution in [2.75, 3.05) is 0 Å². The van der Waals surface area contributed by atoms with Gasteiger partial charge >= 0.3 is 0 Å². The summed E-state index contributed by atoms with van der Waals surface area (Å²) in [4.78, 5) is 11.5. The van der Waals surface area contributed by atoms with Crippen molar-refractivity contribution in [3.63, 3.8) is 0 Å². The third-order valence-corrected chi connectivity index (χ3v) is 2.50. The van der Waals surface area contributed by atoms with Gasteiger partial charge in [-0.1, -0.05) is 48.5 Å². The van der Waals surface area contributed by atoms with Crippen LogP contribution in [0.4, 0.5) is 0 Å². The first kappa shape index (κ1) is 11.8. The molecule has 80 valence electrons. The Morgan fingerprint density at radius 1 is 1.47 bits per heavy atom. The van der Waals surface area contributed by atoms with Crippen molar-refractivity contribution in [3.8, 4) is 0 Å². The van der Waals surface area contributed by atoms with Crippen LogP contribution in [0.2, 0.25) is 0 Å². The van der Waals surface area contributed by atoms with Crippen molar-refractivity contribution in [2.24, 2.45) is 5.92 Å². The van der Waals surface area contributed by atoms with E-state index in [1.165, 1.54) is 0 Å². The minimum Gasteiger partial charge on any atom is -0.351 e. The first-order valence-electron chi connectivity index (χ1n) is 4.77. The lowest BCUT2D eigenvalue weighted by atomic mass is 10.1. The van der Waals surface area contributed by atoms with E-state index in [-0.39, 0.29) is 11.8 Å². The molecule has 0 aliphatic rings. The molecule has 0 aromatic heterocycles. The fourth-order valence-electron chi connectivity index (χ4n) is 1.08. The van der Waals surface area contributed by atoms with Crippen LogP contribution in [0.3, 0.4) is 0 Å². The average Bonchev–Trinajstić information content (AvgIpc) is 2.26. The number of halogens is 1. The topological polar surface area (TPSA) is 29.1 Å². The second-order valence-electron chi connectivity index (χ2n) is 3.37. The Hall–Kier alpha value is -1.28. The molecule has 1 amide bonds. The molecule has 15 heavy (non-hydrogen) atoms. The van der Waals surface area contributed by atoms with E-state index in [4.69, 9.17) is 11.6 Å². The Kier molecular flexibility index (Phi) is 4.37. The van der Waals surface area contributed by atoms with Gasteiger partial charge in [-0.3, -0.25) is 4.79 Å². The SMILES string of the molecule is C=C(Cl)C(C)C(=O)NCc1ccccc1. The summed E-state index contributed by atoms with van der Waals surface area (Å²) in [6.45, 7) is 5.79. The number of amides is 1. The highest BCUT2D eigenvalue weighted by Gasteiger charge is 2.13. The molecular formula is C12H14ClNO. The van der Waals surface area contributed by atoms with E-state index in [0.29, 0.717) is 11.6 Å². The molecule has 2 nitrogen and oxygen atoms in total. The summed E-state index contributed by atoms with van der Waals surface area (Å²) in [6.07, 6.45) is 0. The van der Waals surface area contributed by atoms with Crippen LogP contribution in [0.1, 0.15) is 12.5 Å². The highest BCUT2D eigenvalue weighted by Crippen LogP contribution is 2.12. The summed E-state index contributed by atoms with van der Waals surface area (Å²) in [6, 6.07) is 9.73. The maximum Gasteiger partial charge on any atom is 0.228 e. The first-order valence-corrected chi connectivity index (χ1v) is 5.15. The lowest BCUT2D eigenvalue weighted by Gasteiger charge is -2.10. The standard InChI is InChI=1S/C12H14ClNO/c1-9(10(2)13)12(15)14-8-11-6-4-3-5-7-11/h3-7,9H,2,8H2,1H3,(H,14,15).